The van der Waals surface area contributed by atoms with E-state index >= 15 is 0 Å². The Balaban J connectivity index is 1.99. The normalized spacial score (nSPS) is 19.7. The molecule has 1 amide bonds. The van der Waals surface area contributed by atoms with Crippen LogP contribution in [0.2, 0.25) is 0 Å². The monoisotopic (exact) mass is 156 g/mol. The molecule has 4 N–H and O–H groups in total. The molecule has 0 aromatic carbocycles. The first-order chi connectivity index (χ1) is 5.18. The average molecular weight is 156 g/mol. The van der Waals surface area contributed by atoms with Crippen molar-refractivity contribution in [2.75, 3.05) is 0 Å². The maximum atomic E-state index is 10.4. The minimum Gasteiger partial charge on any atom is -0.370 e. The Hall–Kier alpha value is -0.570. The second-order valence-electron chi connectivity index (χ2n) is 3.45. The zero-order valence-corrected chi connectivity index (χ0v) is 6.75. The van der Waals surface area contributed by atoms with Gasteiger partial charge in [-0.2, -0.15) is 0 Å². The SMILES string of the molecule is NC(=O)CC(N)CCC1CC1. The van der Waals surface area contributed by atoms with E-state index in [4.69, 9.17) is 11.5 Å². The fraction of sp³-hybridized carbons (Fsp3) is 0.875. The third kappa shape index (κ3) is 3.98. The largest absolute Gasteiger partial charge is 0.370 e. The van der Waals surface area contributed by atoms with Gasteiger partial charge >= 0.3 is 0 Å². The van der Waals surface area contributed by atoms with Gasteiger partial charge in [-0.1, -0.05) is 12.8 Å². The van der Waals surface area contributed by atoms with Crippen LogP contribution in [-0.4, -0.2) is 11.9 Å². The van der Waals surface area contributed by atoms with Crippen molar-refractivity contribution in [3.05, 3.63) is 0 Å². The Kier molecular flexibility index (Phi) is 2.88. The molecule has 1 rings (SSSR count). The van der Waals surface area contributed by atoms with Crippen LogP contribution in [0.4, 0.5) is 0 Å². The van der Waals surface area contributed by atoms with Crippen LogP contribution < -0.4 is 11.5 Å². The Morgan fingerprint density at radius 2 is 2.18 bits per heavy atom. The summed E-state index contributed by atoms with van der Waals surface area (Å²) in [6.07, 6.45) is 5.17. The molecule has 0 heterocycles. The molecule has 11 heavy (non-hydrogen) atoms. The van der Waals surface area contributed by atoms with Crippen molar-refractivity contribution >= 4 is 5.91 Å². The second kappa shape index (κ2) is 3.72. The van der Waals surface area contributed by atoms with Gasteiger partial charge in [0.25, 0.3) is 0 Å². The zero-order valence-electron chi connectivity index (χ0n) is 6.75. The molecule has 3 nitrogen and oxygen atoms in total. The number of hydrogen-bond acceptors (Lipinski definition) is 2. The van der Waals surface area contributed by atoms with Crippen LogP contribution in [-0.2, 0) is 4.79 Å². The van der Waals surface area contributed by atoms with Crippen molar-refractivity contribution in [1.29, 1.82) is 0 Å². The molecule has 0 saturated heterocycles. The minimum absolute atomic E-state index is 0.00639. The van der Waals surface area contributed by atoms with Gasteiger partial charge in [0.05, 0.1) is 0 Å². The lowest BCUT2D eigenvalue weighted by molar-refractivity contribution is -0.118. The van der Waals surface area contributed by atoms with E-state index in [1.54, 1.807) is 0 Å². The highest BCUT2D eigenvalue weighted by Gasteiger charge is 2.21. The van der Waals surface area contributed by atoms with Gasteiger partial charge in [-0.25, -0.2) is 0 Å². The Morgan fingerprint density at radius 3 is 2.64 bits per heavy atom. The molecule has 1 saturated carbocycles. The van der Waals surface area contributed by atoms with Gasteiger partial charge in [0, 0.05) is 12.5 Å². The standard InChI is InChI=1S/C8H16N2O/c9-7(5-8(10)11)4-3-6-1-2-6/h6-7H,1-5,9H2,(H2,10,11). The molecule has 0 radical (unpaired) electrons. The predicted molar refractivity (Wildman–Crippen MR) is 43.7 cm³/mol. The molecule has 0 aliphatic heterocycles. The number of carbonyl (C=O) groups is 1. The molecule has 1 unspecified atom stereocenters. The summed E-state index contributed by atoms with van der Waals surface area (Å²) in [6, 6.07) is -0.00639. The highest BCUT2D eigenvalue weighted by Crippen LogP contribution is 2.33. The average Bonchev–Trinajstić information content (AvgIpc) is 2.63. The van der Waals surface area contributed by atoms with E-state index in [1.165, 1.54) is 19.3 Å². The number of rotatable bonds is 5. The van der Waals surface area contributed by atoms with Gasteiger partial charge in [0.1, 0.15) is 0 Å². The van der Waals surface area contributed by atoms with Crippen LogP contribution in [0.3, 0.4) is 0 Å². The number of carbonyl (C=O) groups excluding carboxylic acids is 1. The van der Waals surface area contributed by atoms with E-state index in [1.807, 2.05) is 0 Å². The molecule has 1 aliphatic carbocycles. The summed E-state index contributed by atoms with van der Waals surface area (Å²) in [6.45, 7) is 0. The first kappa shape index (κ1) is 8.53. The maximum Gasteiger partial charge on any atom is 0.218 e. The fourth-order valence-electron chi connectivity index (χ4n) is 1.22. The number of amides is 1. The van der Waals surface area contributed by atoms with Crippen molar-refractivity contribution in [1.82, 2.24) is 0 Å². The molecule has 3 heteroatoms. The summed E-state index contributed by atoms with van der Waals surface area (Å²) < 4.78 is 0. The van der Waals surface area contributed by atoms with Crippen LogP contribution in [0.1, 0.15) is 32.1 Å². The highest BCUT2D eigenvalue weighted by atomic mass is 16.1. The molecule has 0 spiro atoms. The molecule has 1 atom stereocenters. The summed E-state index contributed by atoms with van der Waals surface area (Å²) in [7, 11) is 0. The lowest BCUT2D eigenvalue weighted by atomic mass is 10.1. The third-order valence-corrected chi connectivity index (χ3v) is 2.11. The van der Waals surface area contributed by atoms with Gasteiger partial charge in [-0.15, -0.1) is 0 Å². The van der Waals surface area contributed by atoms with E-state index in [0.29, 0.717) is 6.42 Å². The van der Waals surface area contributed by atoms with Crippen LogP contribution in [0.25, 0.3) is 0 Å². The summed E-state index contributed by atoms with van der Waals surface area (Å²) in [5.74, 6) is 0.613. The van der Waals surface area contributed by atoms with Crippen molar-refractivity contribution < 1.29 is 4.79 Å². The van der Waals surface area contributed by atoms with Crippen LogP contribution in [0.5, 0.6) is 0 Å². The second-order valence-corrected chi connectivity index (χ2v) is 3.45. The fourth-order valence-corrected chi connectivity index (χ4v) is 1.22. The van der Waals surface area contributed by atoms with Crippen LogP contribution in [0, 0.1) is 5.92 Å². The van der Waals surface area contributed by atoms with Gasteiger partial charge < -0.3 is 11.5 Å². The Morgan fingerprint density at radius 1 is 1.55 bits per heavy atom. The topological polar surface area (TPSA) is 69.1 Å². The lowest BCUT2D eigenvalue weighted by Crippen LogP contribution is -2.27. The smallest absolute Gasteiger partial charge is 0.218 e. The number of hydrogen-bond donors (Lipinski definition) is 2. The molecule has 0 aromatic rings. The first-order valence-corrected chi connectivity index (χ1v) is 4.22. The first-order valence-electron chi connectivity index (χ1n) is 4.22. The third-order valence-electron chi connectivity index (χ3n) is 2.11. The Bertz CT molecular complexity index is 143. The van der Waals surface area contributed by atoms with Crippen molar-refractivity contribution in [3.63, 3.8) is 0 Å². The van der Waals surface area contributed by atoms with E-state index in [-0.39, 0.29) is 11.9 Å². The van der Waals surface area contributed by atoms with Gasteiger partial charge in [-0.05, 0) is 18.8 Å². The Labute approximate surface area is 67.1 Å². The molecule has 1 aliphatic rings. The molecule has 64 valence electrons. The van der Waals surface area contributed by atoms with Crippen molar-refractivity contribution in [2.45, 2.75) is 38.1 Å². The molecular weight excluding hydrogens is 140 g/mol. The van der Waals surface area contributed by atoms with Gasteiger partial charge in [-0.3, -0.25) is 4.79 Å². The van der Waals surface area contributed by atoms with E-state index < -0.39 is 0 Å². The van der Waals surface area contributed by atoms with Crippen molar-refractivity contribution in [2.24, 2.45) is 17.4 Å². The van der Waals surface area contributed by atoms with Gasteiger partial charge in [0.2, 0.25) is 5.91 Å². The molecule has 0 bridgehead atoms. The lowest BCUT2D eigenvalue weighted by Gasteiger charge is -2.07. The number of nitrogens with two attached hydrogens (primary N) is 2. The summed E-state index contributed by atoms with van der Waals surface area (Å²) >= 11 is 0. The van der Waals surface area contributed by atoms with E-state index in [0.717, 1.165) is 12.3 Å². The minimum atomic E-state index is -0.284. The predicted octanol–water partition coefficient (Wildman–Crippen LogP) is 0.379. The summed E-state index contributed by atoms with van der Waals surface area (Å²) in [5.41, 5.74) is 10.6. The van der Waals surface area contributed by atoms with Gasteiger partial charge in [0.15, 0.2) is 0 Å². The molecule has 1 fully saturated rings. The number of primary amides is 1. The van der Waals surface area contributed by atoms with E-state index in [9.17, 15) is 4.79 Å². The summed E-state index contributed by atoms with van der Waals surface area (Å²) in [4.78, 5) is 10.4. The summed E-state index contributed by atoms with van der Waals surface area (Å²) in [5, 5.41) is 0. The zero-order chi connectivity index (χ0) is 8.27. The van der Waals surface area contributed by atoms with Crippen LogP contribution in [0.15, 0.2) is 0 Å². The van der Waals surface area contributed by atoms with E-state index in [2.05, 4.69) is 0 Å². The molecule has 0 aromatic heterocycles. The van der Waals surface area contributed by atoms with Crippen LogP contribution >= 0.6 is 0 Å². The highest BCUT2D eigenvalue weighted by molar-refractivity contribution is 5.74. The maximum absolute atomic E-state index is 10.4. The quantitative estimate of drug-likeness (QED) is 0.604. The van der Waals surface area contributed by atoms with Crippen molar-refractivity contribution in [3.8, 4) is 0 Å². The molecular formula is C8H16N2O.